The number of rotatable bonds is 4. The molecule has 0 spiro atoms. The first-order valence-electron chi connectivity index (χ1n) is 8.30. The second-order valence-electron chi connectivity index (χ2n) is 6.13. The van der Waals surface area contributed by atoms with Crippen LogP contribution < -0.4 is 0 Å². The second-order valence-corrected chi connectivity index (χ2v) is 6.13. The molecule has 0 bridgehead atoms. The molecule has 0 fully saturated rings. The molecule has 4 rings (SSSR count). The zero-order valence-electron chi connectivity index (χ0n) is 14.1. The summed E-state index contributed by atoms with van der Waals surface area (Å²) in [6.45, 7) is 0. The van der Waals surface area contributed by atoms with Gasteiger partial charge >= 0.3 is 0 Å². The van der Waals surface area contributed by atoms with Crippen LogP contribution in [0.2, 0.25) is 0 Å². The van der Waals surface area contributed by atoms with E-state index in [1.807, 2.05) is 48.6 Å². The lowest BCUT2D eigenvalue weighted by atomic mass is 10.0. The molecule has 0 radical (unpaired) electrons. The Kier molecular flexibility index (Phi) is 4.46. The van der Waals surface area contributed by atoms with Crippen molar-refractivity contribution in [1.29, 1.82) is 0 Å². The monoisotopic (exact) mass is 365 g/mol. The normalized spacial score (nSPS) is 11.5. The highest BCUT2D eigenvalue weighted by molar-refractivity contribution is 5.89. The van der Waals surface area contributed by atoms with Crippen LogP contribution in [0.3, 0.4) is 0 Å². The smallest absolute Gasteiger partial charge is 0.194 e. The fourth-order valence-corrected chi connectivity index (χ4v) is 2.90. The number of hydrogen-bond acceptors (Lipinski definition) is 2. The number of benzene rings is 2. The van der Waals surface area contributed by atoms with Crippen molar-refractivity contribution in [1.82, 2.24) is 15.2 Å². The van der Waals surface area contributed by atoms with Gasteiger partial charge in [0.1, 0.15) is 0 Å². The van der Waals surface area contributed by atoms with Gasteiger partial charge in [-0.2, -0.15) is 5.10 Å². The van der Waals surface area contributed by atoms with E-state index in [-0.39, 0.29) is 6.42 Å². The molecule has 1 N–H and O–H groups in total. The predicted molar refractivity (Wildman–Crippen MR) is 98.4 cm³/mol. The fourth-order valence-electron chi connectivity index (χ4n) is 2.90. The quantitative estimate of drug-likeness (QED) is 0.509. The van der Waals surface area contributed by atoms with Gasteiger partial charge in [-0.1, -0.05) is 12.1 Å². The summed E-state index contributed by atoms with van der Waals surface area (Å²) in [5, 5.41) is 8.10. The molecule has 0 aliphatic carbocycles. The molecule has 2 aromatic heterocycles. The van der Waals surface area contributed by atoms with Crippen LogP contribution in [0.15, 0.2) is 54.7 Å². The van der Waals surface area contributed by atoms with Crippen LogP contribution in [0.1, 0.15) is 22.5 Å². The Morgan fingerprint density at radius 2 is 1.70 bits per heavy atom. The van der Waals surface area contributed by atoms with Crippen LogP contribution in [-0.2, 0) is 6.42 Å². The van der Waals surface area contributed by atoms with Crippen LogP contribution in [0.4, 0.5) is 13.2 Å². The fraction of sp³-hybridized carbons (Fsp3) is 0.0476. The lowest BCUT2D eigenvalue weighted by Gasteiger charge is -2.04. The number of pyridine rings is 1. The third-order valence-electron chi connectivity index (χ3n) is 4.21. The molecule has 2 heterocycles. The minimum atomic E-state index is -1.45. The van der Waals surface area contributed by atoms with Crippen molar-refractivity contribution in [2.45, 2.75) is 6.42 Å². The number of fused-ring (bicyclic) bond motifs is 1. The Labute approximate surface area is 153 Å². The highest BCUT2D eigenvalue weighted by atomic mass is 19.2. The van der Waals surface area contributed by atoms with Crippen molar-refractivity contribution in [2.75, 3.05) is 0 Å². The van der Waals surface area contributed by atoms with Crippen molar-refractivity contribution in [3.8, 4) is 0 Å². The molecule has 0 saturated heterocycles. The van der Waals surface area contributed by atoms with Crippen LogP contribution in [0.5, 0.6) is 0 Å². The van der Waals surface area contributed by atoms with Crippen LogP contribution in [0, 0.1) is 17.5 Å². The summed E-state index contributed by atoms with van der Waals surface area (Å²) in [4.78, 5) is 4.23. The number of nitrogens with zero attached hydrogens (tertiary/aromatic N) is 2. The van der Waals surface area contributed by atoms with E-state index in [1.165, 1.54) is 0 Å². The number of aromatic amines is 1. The van der Waals surface area contributed by atoms with Gasteiger partial charge in [0.2, 0.25) is 0 Å². The molecule has 2 aromatic carbocycles. The molecule has 0 aliphatic heterocycles. The summed E-state index contributed by atoms with van der Waals surface area (Å²) < 4.78 is 40.0. The molecule has 134 valence electrons. The van der Waals surface area contributed by atoms with Gasteiger partial charge in [0.05, 0.1) is 16.9 Å². The molecule has 6 heteroatoms. The summed E-state index contributed by atoms with van der Waals surface area (Å²) >= 11 is 0. The average Bonchev–Trinajstić information content (AvgIpc) is 3.07. The Hall–Kier alpha value is -3.41. The molecule has 4 aromatic rings. The summed E-state index contributed by atoms with van der Waals surface area (Å²) in [5.74, 6) is -3.83. The minimum Gasteiger partial charge on any atom is -0.277 e. The van der Waals surface area contributed by atoms with Gasteiger partial charge in [0.15, 0.2) is 17.5 Å². The first-order valence-corrected chi connectivity index (χ1v) is 8.30. The zero-order valence-corrected chi connectivity index (χ0v) is 14.1. The van der Waals surface area contributed by atoms with E-state index in [0.717, 1.165) is 40.0 Å². The van der Waals surface area contributed by atoms with Crippen molar-refractivity contribution < 1.29 is 13.2 Å². The number of nitrogens with one attached hydrogen (secondary N) is 1. The lowest BCUT2D eigenvalue weighted by molar-refractivity contribution is 0.445. The molecule has 0 saturated carbocycles. The van der Waals surface area contributed by atoms with Gasteiger partial charge in [-0.15, -0.1) is 0 Å². The van der Waals surface area contributed by atoms with E-state index in [2.05, 4.69) is 15.2 Å². The van der Waals surface area contributed by atoms with Gasteiger partial charge in [-0.05, 0) is 66.1 Å². The summed E-state index contributed by atoms with van der Waals surface area (Å²) in [7, 11) is 0. The average molecular weight is 365 g/mol. The Morgan fingerprint density at radius 3 is 2.44 bits per heavy atom. The van der Waals surface area contributed by atoms with Crippen molar-refractivity contribution in [3.05, 3.63) is 94.7 Å². The van der Waals surface area contributed by atoms with Gasteiger partial charge in [-0.25, -0.2) is 13.2 Å². The molecule has 3 nitrogen and oxygen atoms in total. The van der Waals surface area contributed by atoms with Gasteiger partial charge in [0.25, 0.3) is 0 Å². The van der Waals surface area contributed by atoms with E-state index in [0.29, 0.717) is 5.56 Å². The van der Waals surface area contributed by atoms with Crippen molar-refractivity contribution in [3.63, 3.8) is 0 Å². The number of halogens is 3. The Morgan fingerprint density at radius 1 is 0.889 bits per heavy atom. The van der Waals surface area contributed by atoms with Crippen LogP contribution in [0.25, 0.3) is 23.1 Å². The molecular formula is C21H14F3N3. The van der Waals surface area contributed by atoms with Gasteiger partial charge in [-0.3, -0.25) is 10.1 Å². The summed E-state index contributed by atoms with van der Waals surface area (Å²) in [6.07, 6.45) is 5.73. The first kappa shape index (κ1) is 17.0. The van der Waals surface area contributed by atoms with E-state index in [4.69, 9.17) is 0 Å². The summed E-state index contributed by atoms with van der Waals surface area (Å²) in [6, 6.07) is 13.2. The van der Waals surface area contributed by atoms with Gasteiger partial charge < -0.3 is 0 Å². The van der Waals surface area contributed by atoms with E-state index < -0.39 is 17.5 Å². The van der Waals surface area contributed by atoms with Crippen molar-refractivity contribution >= 4 is 23.1 Å². The summed E-state index contributed by atoms with van der Waals surface area (Å²) in [5.41, 5.74) is 3.58. The molecule has 27 heavy (non-hydrogen) atoms. The maximum Gasteiger partial charge on any atom is 0.194 e. The lowest BCUT2D eigenvalue weighted by Crippen LogP contribution is -1.96. The van der Waals surface area contributed by atoms with Crippen LogP contribution >= 0.6 is 0 Å². The Bertz CT molecular complexity index is 1110. The maximum absolute atomic E-state index is 13.4. The molecular weight excluding hydrogens is 351 g/mol. The number of aromatic nitrogens is 3. The third kappa shape index (κ3) is 3.60. The SMILES string of the molecule is Fc1cc(Cc2ccc3n[nH]c(/C=C/c4ccccn4)c3c2)cc(F)c1F. The molecule has 0 amide bonds. The van der Waals surface area contributed by atoms with Gasteiger partial charge in [0, 0.05) is 11.6 Å². The first-order chi connectivity index (χ1) is 13.1. The van der Waals surface area contributed by atoms with E-state index >= 15 is 0 Å². The molecule has 0 unspecified atom stereocenters. The number of hydrogen-bond donors (Lipinski definition) is 1. The molecule has 0 atom stereocenters. The highest BCUT2D eigenvalue weighted by Gasteiger charge is 2.11. The largest absolute Gasteiger partial charge is 0.277 e. The third-order valence-corrected chi connectivity index (χ3v) is 4.21. The maximum atomic E-state index is 13.4. The number of H-pyrrole nitrogens is 1. The predicted octanol–water partition coefficient (Wildman–Crippen LogP) is 5.14. The van der Waals surface area contributed by atoms with E-state index in [9.17, 15) is 13.2 Å². The highest BCUT2D eigenvalue weighted by Crippen LogP contribution is 2.22. The minimum absolute atomic E-state index is 0.276. The second kappa shape index (κ2) is 7.07. The molecule has 0 aliphatic rings. The topological polar surface area (TPSA) is 41.6 Å². The van der Waals surface area contributed by atoms with Crippen LogP contribution in [-0.4, -0.2) is 15.2 Å². The van der Waals surface area contributed by atoms with Crippen molar-refractivity contribution in [2.24, 2.45) is 0 Å². The standard InChI is InChI=1S/C21H14F3N3/c22-17-11-14(12-18(23)21(17)24)9-13-4-6-19-16(10-13)20(27-26-19)7-5-15-3-1-2-8-25-15/h1-8,10-12H,9H2,(H,26,27)/b7-5+. The zero-order chi connectivity index (χ0) is 18.8. The van der Waals surface area contributed by atoms with E-state index in [1.54, 1.807) is 6.20 Å². The Balaban J connectivity index is 1.65.